The van der Waals surface area contributed by atoms with E-state index in [1.54, 1.807) is 27.5 Å². The molecule has 0 unspecified atom stereocenters. The monoisotopic (exact) mass is 609 g/mol. The van der Waals surface area contributed by atoms with Gasteiger partial charge in [-0.2, -0.15) is 5.10 Å². The summed E-state index contributed by atoms with van der Waals surface area (Å²) in [4.78, 5) is 12.7. The molecule has 5 rings (SSSR count). The van der Waals surface area contributed by atoms with Gasteiger partial charge in [0.2, 0.25) is 5.75 Å². The number of carbonyl (C=O) groups is 1. The number of amides is 1. The molecule has 11 heteroatoms. The average Bonchev–Trinajstić information content (AvgIpc) is 3.51. The Hall–Kier alpha value is -5.29. The summed E-state index contributed by atoms with van der Waals surface area (Å²) in [7, 11) is 4.67. The molecular weight excluding hydrogens is 578 g/mol. The number of hydrogen-bond acceptors (Lipinski definition) is 9. The number of nitrogens with zero attached hydrogens (tertiary/aromatic N) is 4. The van der Waals surface area contributed by atoms with Crippen LogP contribution in [-0.4, -0.2) is 54.0 Å². The molecule has 0 aliphatic heterocycles. The number of methoxy groups -OCH3 is 3. The lowest BCUT2D eigenvalue weighted by Crippen LogP contribution is -2.20. The van der Waals surface area contributed by atoms with E-state index in [2.05, 4.69) is 20.7 Å². The normalized spacial score (nSPS) is 10.9. The van der Waals surface area contributed by atoms with E-state index in [9.17, 15) is 4.79 Å². The number of thioether (sulfide) groups is 1. The average molecular weight is 610 g/mol. The molecule has 1 N–H and O–H groups in total. The highest BCUT2D eigenvalue weighted by molar-refractivity contribution is 7.99. The third-order valence-corrected chi connectivity index (χ3v) is 7.36. The SMILES string of the molecule is COc1cc(-c2nnc(SCC(=O)N/N=C/c3ccc(OCc4ccccc4)cc3)n2-c2ccccc2)cc(OC)c1OC. The summed E-state index contributed by atoms with van der Waals surface area (Å²) >= 11 is 1.24. The van der Waals surface area contributed by atoms with Gasteiger partial charge in [-0.3, -0.25) is 9.36 Å². The lowest BCUT2D eigenvalue weighted by molar-refractivity contribution is -0.118. The number of aromatic nitrogens is 3. The van der Waals surface area contributed by atoms with Gasteiger partial charge in [0, 0.05) is 11.3 Å². The zero-order chi connectivity index (χ0) is 30.7. The lowest BCUT2D eigenvalue weighted by Gasteiger charge is -2.15. The molecular formula is C33H31N5O5S. The van der Waals surface area contributed by atoms with Crippen molar-refractivity contribution in [2.45, 2.75) is 11.8 Å². The molecule has 224 valence electrons. The minimum Gasteiger partial charge on any atom is -0.493 e. The molecule has 0 bridgehead atoms. The predicted octanol–water partition coefficient (Wildman–Crippen LogP) is 5.78. The molecule has 0 atom stereocenters. The van der Waals surface area contributed by atoms with Crippen molar-refractivity contribution in [2.24, 2.45) is 5.10 Å². The van der Waals surface area contributed by atoms with E-state index >= 15 is 0 Å². The van der Waals surface area contributed by atoms with E-state index in [-0.39, 0.29) is 11.7 Å². The van der Waals surface area contributed by atoms with Crippen LogP contribution in [0.4, 0.5) is 0 Å². The number of nitrogens with one attached hydrogen (secondary N) is 1. The minimum absolute atomic E-state index is 0.0732. The molecule has 0 aliphatic rings. The number of para-hydroxylation sites is 1. The number of benzene rings is 4. The Morgan fingerprint density at radius 2 is 1.52 bits per heavy atom. The number of ether oxygens (including phenoxy) is 4. The molecule has 1 aromatic heterocycles. The molecule has 0 saturated carbocycles. The maximum absolute atomic E-state index is 12.7. The highest BCUT2D eigenvalue weighted by atomic mass is 32.2. The molecule has 10 nitrogen and oxygen atoms in total. The van der Waals surface area contributed by atoms with Crippen molar-refractivity contribution in [1.82, 2.24) is 20.2 Å². The first-order valence-corrected chi connectivity index (χ1v) is 14.6. The maximum Gasteiger partial charge on any atom is 0.250 e. The Morgan fingerprint density at radius 1 is 0.864 bits per heavy atom. The van der Waals surface area contributed by atoms with E-state index in [1.165, 1.54) is 11.8 Å². The fourth-order valence-corrected chi connectivity index (χ4v) is 5.05. The van der Waals surface area contributed by atoms with Gasteiger partial charge in [-0.25, -0.2) is 5.43 Å². The fourth-order valence-electron chi connectivity index (χ4n) is 4.30. The third kappa shape index (κ3) is 7.37. The second kappa shape index (κ2) is 14.7. The van der Waals surface area contributed by atoms with Crippen LogP contribution in [0.2, 0.25) is 0 Å². The first-order chi connectivity index (χ1) is 21.6. The molecule has 1 heterocycles. The lowest BCUT2D eigenvalue weighted by atomic mass is 10.1. The van der Waals surface area contributed by atoms with Crippen LogP contribution in [0.15, 0.2) is 107 Å². The summed E-state index contributed by atoms with van der Waals surface area (Å²) in [5.41, 5.74) is 6.03. The third-order valence-electron chi connectivity index (χ3n) is 6.43. The molecule has 0 radical (unpaired) electrons. The first kappa shape index (κ1) is 30.2. The van der Waals surface area contributed by atoms with E-state index in [4.69, 9.17) is 18.9 Å². The Morgan fingerprint density at radius 3 is 2.16 bits per heavy atom. The van der Waals surface area contributed by atoms with Gasteiger partial charge < -0.3 is 18.9 Å². The topological polar surface area (TPSA) is 109 Å². The molecule has 5 aromatic rings. The highest BCUT2D eigenvalue weighted by Crippen LogP contribution is 2.41. The van der Waals surface area contributed by atoms with Crippen molar-refractivity contribution < 1.29 is 23.7 Å². The first-order valence-electron chi connectivity index (χ1n) is 13.6. The summed E-state index contributed by atoms with van der Waals surface area (Å²) in [6, 6.07) is 30.7. The standard InChI is InChI=1S/C33H31N5O5S/c1-40-28-18-25(19-29(41-2)31(28)42-3)32-36-37-33(38(32)26-12-8-5-9-13-26)44-22-30(39)35-34-20-23-14-16-27(17-15-23)43-21-24-10-6-4-7-11-24/h4-20H,21-22H2,1-3H3,(H,35,39)/b34-20+. The van der Waals surface area contributed by atoms with E-state index in [0.29, 0.717) is 40.4 Å². The van der Waals surface area contributed by atoms with Gasteiger partial charge in [0.05, 0.1) is 33.3 Å². The number of rotatable bonds is 13. The highest BCUT2D eigenvalue weighted by Gasteiger charge is 2.21. The molecule has 0 spiro atoms. The molecule has 0 saturated heterocycles. The van der Waals surface area contributed by atoms with Gasteiger partial charge in [-0.05, 0) is 59.7 Å². The van der Waals surface area contributed by atoms with Gasteiger partial charge in [0.15, 0.2) is 22.5 Å². The fraction of sp³-hybridized carbons (Fsp3) is 0.152. The van der Waals surface area contributed by atoms with Crippen molar-refractivity contribution in [3.63, 3.8) is 0 Å². The second-order valence-corrected chi connectivity index (χ2v) is 10.3. The van der Waals surface area contributed by atoms with Crippen molar-refractivity contribution in [3.05, 3.63) is 108 Å². The predicted molar refractivity (Wildman–Crippen MR) is 170 cm³/mol. The van der Waals surface area contributed by atoms with Crippen molar-refractivity contribution in [1.29, 1.82) is 0 Å². The molecule has 0 aliphatic carbocycles. The van der Waals surface area contributed by atoms with Crippen LogP contribution >= 0.6 is 11.8 Å². The summed E-state index contributed by atoms with van der Waals surface area (Å²) in [5, 5.41) is 13.5. The Labute approximate surface area is 259 Å². The molecule has 4 aromatic carbocycles. The van der Waals surface area contributed by atoms with Gasteiger partial charge >= 0.3 is 0 Å². The van der Waals surface area contributed by atoms with Crippen LogP contribution in [-0.2, 0) is 11.4 Å². The van der Waals surface area contributed by atoms with Crippen LogP contribution in [0.1, 0.15) is 11.1 Å². The maximum atomic E-state index is 12.7. The van der Waals surface area contributed by atoms with E-state index in [1.807, 2.05) is 102 Å². The van der Waals surface area contributed by atoms with Gasteiger partial charge in [-0.15, -0.1) is 10.2 Å². The summed E-state index contributed by atoms with van der Waals surface area (Å²) in [6.07, 6.45) is 1.58. The van der Waals surface area contributed by atoms with Crippen molar-refractivity contribution in [3.8, 4) is 40.1 Å². The van der Waals surface area contributed by atoms with E-state index < -0.39 is 0 Å². The zero-order valence-corrected chi connectivity index (χ0v) is 25.3. The van der Waals surface area contributed by atoms with Crippen LogP contribution in [0.25, 0.3) is 17.1 Å². The molecule has 44 heavy (non-hydrogen) atoms. The van der Waals surface area contributed by atoms with Gasteiger partial charge in [0.25, 0.3) is 5.91 Å². The van der Waals surface area contributed by atoms with Gasteiger partial charge in [-0.1, -0.05) is 60.3 Å². The quantitative estimate of drug-likeness (QED) is 0.102. The summed E-state index contributed by atoms with van der Waals surface area (Å²) in [5.74, 6) is 2.54. The second-order valence-electron chi connectivity index (χ2n) is 9.32. The molecule has 1 amide bonds. The van der Waals surface area contributed by atoms with Crippen LogP contribution < -0.4 is 24.4 Å². The summed E-state index contributed by atoms with van der Waals surface area (Å²) in [6.45, 7) is 0.490. The smallest absolute Gasteiger partial charge is 0.250 e. The van der Waals surface area contributed by atoms with Crippen molar-refractivity contribution in [2.75, 3.05) is 27.1 Å². The summed E-state index contributed by atoms with van der Waals surface area (Å²) < 4.78 is 24.2. The van der Waals surface area contributed by atoms with E-state index in [0.717, 1.165) is 22.6 Å². The number of hydrazone groups is 1. The Balaban J connectivity index is 1.25. The Bertz CT molecular complexity index is 1690. The zero-order valence-electron chi connectivity index (χ0n) is 24.5. The van der Waals surface area contributed by atoms with Gasteiger partial charge in [0.1, 0.15) is 12.4 Å². The van der Waals surface area contributed by atoms with Crippen molar-refractivity contribution >= 4 is 23.9 Å². The number of carbonyl (C=O) groups excluding carboxylic acids is 1. The Kier molecular flexibility index (Phi) is 10.1. The number of hydrogen-bond donors (Lipinski definition) is 1. The van der Waals surface area contributed by atoms with Crippen LogP contribution in [0.3, 0.4) is 0 Å². The molecule has 0 fully saturated rings. The minimum atomic E-state index is -0.286. The van der Waals surface area contributed by atoms with Crippen LogP contribution in [0.5, 0.6) is 23.0 Å². The van der Waals surface area contributed by atoms with Crippen LogP contribution in [0, 0.1) is 0 Å². The largest absolute Gasteiger partial charge is 0.493 e.